The molecule has 55 heavy (non-hydrogen) atoms. The zero-order chi connectivity index (χ0) is 39.5. The van der Waals surface area contributed by atoms with Gasteiger partial charge in [-0.05, 0) is 94.3 Å². The van der Waals surface area contributed by atoms with Crippen molar-refractivity contribution in [3.05, 3.63) is 88.9 Å². The Labute approximate surface area is 321 Å². The standard InChI is InChI=1S/C40H41F4N5O5S/c1-4-52-36(50)21-28-25-54-35-20-26(7-11-31(28)35)6-5-13-46-14-16-47(17-15-46)18-19-53-34-12-10-30(23-33(34)41)49-38(55)48(37(51)39(49,2)3)29-9-8-27(24-45)32(22-29)40(42,43)44/h7-12,20,22-23,25H,4-6,13-19,21H2,1-3H3. The number of ether oxygens (including phenoxy) is 2. The number of piperazine rings is 1. The molecule has 1 amide bonds. The molecule has 0 radical (unpaired) electrons. The average Bonchev–Trinajstić information content (AvgIpc) is 3.61. The van der Waals surface area contributed by atoms with Crippen molar-refractivity contribution in [3.63, 3.8) is 0 Å². The fourth-order valence-corrected chi connectivity index (χ4v) is 7.54. The molecule has 0 bridgehead atoms. The van der Waals surface area contributed by atoms with E-state index in [4.69, 9.17) is 26.1 Å². The quantitative estimate of drug-likeness (QED) is 0.0793. The Balaban J connectivity index is 0.969. The molecule has 3 aromatic carbocycles. The molecule has 10 nitrogen and oxygen atoms in total. The van der Waals surface area contributed by atoms with E-state index in [1.54, 1.807) is 33.1 Å². The van der Waals surface area contributed by atoms with E-state index in [2.05, 4.69) is 15.9 Å². The van der Waals surface area contributed by atoms with Crippen LogP contribution in [-0.4, -0.2) is 84.8 Å². The fourth-order valence-electron chi connectivity index (χ4n) is 7.02. The van der Waals surface area contributed by atoms with Gasteiger partial charge in [-0.15, -0.1) is 0 Å². The lowest BCUT2D eigenvalue weighted by molar-refractivity contribution is -0.142. The summed E-state index contributed by atoms with van der Waals surface area (Å²) < 4.78 is 73.0. The lowest BCUT2D eigenvalue weighted by atomic mass is 10.0. The number of alkyl halides is 3. The van der Waals surface area contributed by atoms with Crippen LogP contribution in [0.1, 0.15) is 49.4 Å². The third-order valence-corrected chi connectivity index (χ3v) is 10.3. The van der Waals surface area contributed by atoms with Crippen molar-refractivity contribution < 1.29 is 41.0 Å². The van der Waals surface area contributed by atoms with Gasteiger partial charge in [-0.2, -0.15) is 18.4 Å². The number of benzene rings is 3. The Morgan fingerprint density at radius 1 is 1.00 bits per heavy atom. The number of aryl methyl sites for hydroxylation is 1. The smallest absolute Gasteiger partial charge is 0.417 e. The first kappa shape index (κ1) is 39.6. The number of nitrogens with zero attached hydrogens (tertiary/aromatic N) is 5. The second-order valence-electron chi connectivity index (χ2n) is 14.0. The summed E-state index contributed by atoms with van der Waals surface area (Å²) in [4.78, 5) is 32.4. The molecule has 0 N–H and O–H groups in total. The number of carbonyl (C=O) groups excluding carboxylic acids is 2. The van der Waals surface area contributed by atoms with Crippen molar-refractivity contribution in [2.75, 3.05) is 62.3 Å². The van der Waals surface area contributed by atoms with Crippen molar-refractivity contribution in [2.24, 2.45) is 0 Å². The molecule has 0 aliphatic carbocycles. The van der Waals surface area contributed by atoms with Crippen molar-refractivity contribution in [2.45, 2.75) is 51.7 Å². The predicted molar refractivity (Wildman–Crippen MR) is 202 cm³/mol. The molecular formula is C40H41F4N5O5S. The molecule has 0 unspecified atom stereocenters. The lowest BCUT2D eigenvalue weighted by Crippen LogP contribution is -2.47. The molecule has 3 heterocycles. The van der Waals surface area contributed by atoms with E-state index in [0.717, 1.165) is 79.1 Å². The van der Waals surface area contributed by atoms with Crippen LogP contribution >= 0.6 is 12.2 Å². The number of rotatable bonds is 13. The molecule has 4 aromatic rings. The summed E-state index contributed by atoms with van der Waals surface area (Å²) in [6.07, 6.45) is -1.13. The number of thiocarbonyl (C=S) groups is 1. The van der Waals surface area contributed by atoms with Gasteiger partial charge in [0.1, 0.15) is 17.7 Å². The van der Waals surface area contributed by atoms with Gasteiger partial charge in [0.15, 0.2) is 16.7 Å². The third-order valence-electron chi connectivity index (χ3n) is 9.96. The van der Waals surface area contributed by atoms with E-state index in [-0.39, 0.29) is 41.2 Å². The van der Waals surface area contributed by atoms with Crippen LogP contribution < -0.4 is 14.5 Å². The number of amides is 1. The molecule has 2 aliphatic heterocycles. The van der Waals surface area contributed by atoms with E-state index in [9.17, 15) is 28.0 Å². The van der Waals surface area contributed by atoms with Gasteiger partial charge in [0.25, 0.3) is 5.91 Å². The summed E-state index contributed by atoms with van der Waals surface area (Å²) in [6.45, 7) is 10.5. The maximum Gasteiger partial charge on any atom is 0.417 e. The number of furan rings is 1. The number of halogens is 4. The zero-order valence-corrected chi connectivity index (χ0v) is 31.6. The molecule has 2 fully saturated rings. The molecule has 15 heteroatoms. The van der Waals surface area contributed by atoms with Crippen LogP contribution in [0, 0.1) is 17.1 Å². The molecular weight excluding hydrogens is 739 g/mol. The summed E-state index contributed by atoms with van der Waals surface area (Å²) in [6, 6.07) is 14.8. The SMILES string of the molecule is CCOC(=O)Cc1coc2cc(CCCN3CCN(CCOc4ccc(N5C(=S)N(c6ccc(C#N)c(C(F)(F)F)c6)C(=O)C5(C)C)cc4F)CC3)ccc12. The number of anilines is 2. The highest BCUT2D eigenvalue weighted by atomic mass is 32.1. The number of hydrogen-bond donors (Lipinski definition) is 0. The minimum Gasteiger partial charge on any atom is -0.489 e. The van der Waals surface area contributed by atoms with Crippen molar-refractivity contribution >= 4 is 51.6 Å². The van der Waals surface area contributed by atoms with Crippen molar-refractivity contribution in [1.29, 1.82) is 5.26 Å². The Morgan fingerprint density at radius 2 is 1.71 bits per heavy atom. The van der Waals surface area contributed by atoms with Gasteiger partial charge in [0, 0.05) is 55.4 Å². The van der Waals surface area contributed by atoms with Crippen LogP contribution in [0.5, 0.6) is 5.75 Å². The van der Waals surface area contributed by atoms with E-state index in [1.807, 2.05) is 12.1 Å². The number of fused-ring (bicyclic) bond motifs is 1. The predicted octanol–water partition coefficient (Wildman–Crippen LogP) is 7.11. The Morgan fingerprint density at radius 3 is 2.38 bits per heavy atom. The lowest BCUT2D eigenvalue weighted by Gasteiger charge is -2.34. The largest absolute Gasteiger partial charge is 0.489 e. The molecule has 290 valence electrons. The molecule has 0 spiro atoms. The van der Waals surface area contributed by atoms with Gasteiger partial charge >= 0.3 is 12.1 Å². The molecule has 1 aromatic heterocycles. The second-order valence-corrected chi connectivity index (χ2v) is 14.3. The van der Waals surface area contributed by atoms with Crippen LogP contribution in [0.15, 0.2) is 65.3 Å². The zero-order valence-electron chi connectivity index (χ0n) is 30.7. The Bertz CT molecular complexity index is 2120. The summed E-state index contributed by atoms with van der Waals surface area (Å²) in [5.41, 5.74) is -0.271. The average molecular weight is 780 g/mol. The first-order chi connectivity index (χ1) is 26.2. The third kappa shape index (κ3) is 8.61. The van der Waals surface area contributed by atoms with Gasteiger partial charge in [-0.1, -0.05) is 12.1 Å². The van der Waals surface area contributed by atoms with Crippen LogP contribution in [0.25, 0.3) is 11.0 Å². The van der Waals surface area contributed by atoms with E-state index < -0.39 is 34.6 Å². The normalized spacial score (nSPS) is 16.5. The van der Waals surface area contributed by atoms with Crippen LogP contribution in [0.2, 0.25) is 0 Å². The fraction of sp³-hybridized carbons (Fsp3) is 0.400. The molecule has 6 rings (SSSR count). The Hall–Kier alpha value is -5.04. The van der Waals surface area contributed by atoms with Gasteiger partial charge in [0.05, 0.1) is 42.2 Å². The van der Waals surface area contributed by atoms with Crippen molar-refractivity contribution in [1.82, 2.24) is 9.80 Å². The first-order valence-corrected chi connectivity index (χ1v) is 18.4. The van der Waals surface area contributed by atoms with Crippen LogP contribution in [-0.2, 0) is 33.3 Å². The van der Waals surface area contributed by atoms with Crippen LogP contribution in [0.4, 0.5) is 28.9 Å². The van der Waals surface area contributed by atoms with E-state index in [0.29, 0.717) is 13.2 Å². The monoisotopic (exact) mass is 779 g/mol. The highest BCUT2D eigenvalue weighted by molar-refractivity contribution is 7.81. The van der Waals surface area contributed by atoms with Gasteiger partial charge in [0.2, 0.25) is 0 Å². The van der Waals surface area contributed by atoms with Gasteiger partial charge in [-0.25, -0.2) is 4.39 Å². The molecule has 0 atom stereocenters. The number of esters is 1. The molecule has 2 aliphatic rings. The van der Waals surface area contributed by atoms with Gasteiger partial charge in [-0.3, -0.25) is 19.4 Å². The molecule has 2 saturated heterocycles. The minimum absolute atomic E-state index is 0.0263. The maximum atomic E-state index is 15.4. The van der Waals surface area contributed by atoms with Crippen LogP contribution in [0.3, 0.4) is 0 Å². The van der Waals surface area contributed by atoms with Crippen molar-refractivity contribution in [3.8, 4) is 11.8 Å². The topological polar surface area (TPSA) is 102 Å². The number of nitriles is 1. The first-order valence-electron chi connectivity index (χ1n) is 18.0. The minimum atomic E-state index is -4.82. The van der Waals surface area contributed by atoms with E-state index in [1.165, 1.54) is 34.7 Å². The highest BCUT2D eigenvalue weighted by Crippen LogP contribution is 2.40. The Kier molecular flexibility index (Phi) is 11.8. The summed E-state index contributed by atoms with van der Waals surface area (Å²) in [7, 11) is 0. The molecule has 0 saturated carbocycles. The van der Waals surface area contributed by atoms with E-state index >= 15 is 4.39 Å². The van der Waals surface area contributed by atoms with Gasteiger partial charge < -0.3 is 23.7 Å². The summed E-state index contributed by atoms with van der Waals surface area (Å²) >= 11 is 5.56. The second kappa shape index (κ2) is 16.4. The summed E-state index contributed by atoms with van der Waals surface area (Å²) in [5, 5.41) is 9.97. The summed E-state index contributed by atoms with van der Waals surface area (Å²) in [5.74, 6) is -1.52. The highest BCUT2D eigenvalue weighted by Gasteiger charge is 2.51. The number of hydrogen-bond acceptors (Lipinski definition) is 9. The maximum absolute atomic E-state index is 15.4. The number of carbonyl (C=O) groups is 2.